The van der Waals surface area contributed by atoms with Gasteiger partial charge in [0.2, 0.25) is 0 Å². The van der Waals surface area contributed by atoms with Crippen molar-refractivity contribution in [1.82, 2.24) is 15.5 Å². The van der Waals surface area contributed by atoms with E-state index in [1.165, 1.54) is 18.5 Å². The van der Waals surface area contributed by atoms with Crippen LogP contribution in [0.5, 0.6) is 5.75 Å². The highest BCUT2D eigenvalue weighted by molar-refractivity contribution is 14.2. The zero-order valence-electron chi connectivity index (χ0n) is 15.1. The highest BCUT2D eigenvalue weighted by Crippen LogP contribution is 2.45. The minimum Gasteiger partial charge on any atom is -0.487 e. The van der Waals surface area contributed by atoms with Crippen molar-refractivity contribution in [3.8, 4) is 5.75 Å². The van der Waals surface area contributed by atoms with Crippen LogP contribution in [0.4, 0.5) is 0 Å². The largest absolute Gasteiger partial charge is 0.487 e. The van der Waals surface area contributed by atoms with Gasteiger partial charge in [-0.25, -0.2) is 5.43 Å². The normalized spacial score (nSPS) is 26.1. The third kappa shape index (κ3) is 4.95. The average molecular weight is 493 g/mol. The molecule has 0 spiro atoms. The average Bonchev–Trinajstić information content (AvgIpc) is 3.44. The first-order valence-electron chi connectivity index (χ1n) is 9.42. The summed E-state index contributed by atoms with van der Waals surface area (Å²) in [6, 6.07) is 18.5. The van der Waals surface area contributed by atoms with Gasteiger partial charge in [-0.05, 0) is 64.9 Å². The van der Waals surface area contributed by atoms with Crippen molar-refractivity contribution >= 4 is 28.4 Å². The van der Waals surface area contributed by atoms with Gasteiger partial charge < -0.3 is 14.8 Å². The zero-order chi connectivity index (χ0) is 18.5. The highest BCUT2D eigenvalue weighted by atomic mass is 127. The maximum Gasteiger partial charge on any atom is 0.131 e. The molecule has 0 amide bonds. The molecular formula is C21H25IN3OP. The van der Waals surface area contributed by atoms with E-state index in [1.54, 1.807) is 0 Å². The van der Waals surface area contributed by atoms with Gasteiger partial charge in [-0.1, -0.05) is 48.5 Å². The van der Waals surface area contributed by atoms with E-state index in [0.29, 0.717) is 19.0 Å². The van der Waals surface area contributed by atoms with E-state index in [1.807, 2.05) is 54.6 Å². The Morgan fingerprint density at radius 3 is 2.56 bits per heavy atom. The van der Waals surface area contributed by atoms with Crippen molar-refractivity contribution in [1.29, 1.82) is 0 Å². The molecule has 0 radical (unpaired) electrons. The second-order valence-corrected chi connectivity index (χ2v) is 9.16. The van der Waals surface area contributed by atoms with Crippen molar-refractivity contribution in [3.63, 3.8) is 0 Å². The lowest BCUT2D eigenvalue weighted by atomic mass is 10.0. The van der Waals surface area contributed by atoms with Crippen LogP contribution in [0.15, 0.2) is 78.1 Å². The number of ether oxygens (including phenoxy) is 1. The fourth-order valence-electron chi connectivity index (χ4n) is 3.73. The summed E-state index contributed by atoms with van der Waals surface area (Å²) in [6.45, 7) is 1.61. The fourth-order valence-corrected chi connectivity index (χ4v) is 4.93. The highest BCUT2D eigenvalue weighted by Gasteiger charge is 2.43. The van der Waals surface area contributed by atoms with Gasteiger partial charge in [0.25, 0.3) is 0 Å². The van der Waals surface area contributed by atoms with E-state index in [9.17, 15) is 0 Å². The molecule has 3 aliphatic rings. The number of nitrogens with one attached hydrogen (secondary N) is 2. The summed E-state index contributed by atoms with van der Waals surface area (Å²) in [5.74, 6) is 2.59. The van der Waals surface area contributed by atoms with Gasteiger partial charge in [0, 0.05) is 12.9 Å². The second kappa shape index (κ2) is 9.26. The molecule has 0 aromatic heterocycles. The summed E-state index contributed by atoms with van der Waals surface area (Å²) in [4.78, 5) is 0. The Morgan fingerprint density at radius 1 is 1.07 bits per heavy atom. The summed E-state index contributed by atoms with van der Waals surface area (Å²) >= 11 is 2.38. The first-order chi connectivity index (χ1) is 13.3. The molecule has 6 heteroatoms. The molecule has 2 aliphatic heterocycles. The van der Waals surface area contributed by atoms with Gasteiger partial charge >= 0.3 is 0 Å². The number of halogens is 1. The number of hydrogen-bond donors (Lipinski definition) is 2. The first-order valence-corrected chi connectivity index (χ1v) is 13.5. The van der Waals surface area contributed by atoms with Crippen molar-refractivity contribution in [3.05, 3.63) is 78.1 Å². The van der Waals surface area contributed by atoms with E-state index >= 15 is 0 Å². The molecule has 0 bridgehead atoms. The van der Waals surface area contributed by atoms with Gasteiger partial charge in [-0.2, -0.15) is 0 Å². The number of hydrogen-bond acceptors (Lipinski definition) is 4. The van der Waals surface area contributed by atoms with Gasteiger partial charge in [0.05, 0.1) is 17.4 Å². The third-order valence-corrected chi connectivity index (χ3v) is 6.47. The Bertz CT molecular complexity index is 759. The maximum atomic E-state index is 6.21. The molecule has 4 nitrogen and oxygen atoms in total. The molecule has 4 atom stereocenters. The lowest BCUT2D eigenvalue weighted by molar-refractivity contribution is 0.168. The molecule has 1 aliphatic carbocycles. The van der Waals surface area contributed by atoms with Crippen LogP contribution in [0.25, 0.3) is 0 Å². The SMILES string of the molecule is IPNC1=C(COc2ccccccccc2)N2NCC3CC3CC2C=C1. The summed E-state index contributed by atoms with van der Waals surface area (Å²) < 4.78 is 6.21. The fraction of sp³-hybridized carbons (Fsp3) is 0.333. The van der Waals surface area contributed by atoms with Crippen LogP contribution in [0, 0.1) is 11.8 Å². The predicted molar refractivity (Wildman–Crippen MR) is 121 cm³/mol. The lowest BCUT2D eigenvalue weighted by Crippen LogP contribution is -2.47. The van der Waals surface area contributed by atoms with Crippen LogP contribution < -0.4 is 15.2 Å². The number of fused-ring (bicyclic) bond motifs is 2. The lowest BCUT2D eigenvalue weighted by Gasteiger charge is -2.37. The molecule has 1 aromatic carbocycles. The Hall–Kier alpha value is -1.30. The number of allylic oxidation sites excluding steroid dienone is 1. The van der Waals surface area contributed by atoms with E-state index in [2.05, 4.69) is 49.7 Å². The van der Waals surface area contributed by atoms with E-state index < -0.39 is 0 Å². The van der Waals surface area contributed by atoms with Crippen molar-refractivity contribution in [2.45, 2.75) is 18.9 Å². The minimum absolute atomic E-state index is 0.422. The molecule has 4 rings (SSSR count). The van der Waals surface area contributed by atoms with Crippen LogP contribution in [0.3, 0.4) is 0 Å². The maximum absolute atomic E-state index is 6.21. The molecular weight excluding hydrogens is 468 g/mol. The molecule has 2 fully saturated rings. The smallest absolute Gasteiger partial charge is 0.131 e. The number of rotatable bonds is 5. The van der Waals surface area contributed by atoms with Crippen LogP contribution in [-0.2, 0) is 0 Å². The number of nitrogens with zero attached hydrogens (tertiary/aromatic N) is 1. The minimum atomic E-state index is 0.422. The predicted octanol–water partition coefficient (Wildman–Crippen LogP) is 4.72. The molecule has 4 unspecified atom stereocenters. The van der Waals surface area contributed by atoms with E-state index in [4.69, 9.17) is 4.74 Å². The monoisotopic (exact) mass is 493 g/mol. The third-order valence-electron chi connectivity index (χ3n) is 5.30. The van der Waals surface area contributed by atoms with Gasteiger partial charge in [-0.15, -0.1) is 0 Å². The number of hydrazine groups is 1. The van der Waals surface area contributed by atoms with Crippen LogP contribution in [-0.4, -0.2) is 24.2 Å². The molecule has 27 heavy (non-hydrogen) atoms. The van der Waals surface area contributed by atoms with E-state index in [-0.39, 0.29) is 0 Å². The Balaban J connectivity index is 1.55. The van der Waals surface area contributed by atoms with Gasteiger partial charge in [-0.3, -0.25) is 0 Å². The Kier molecular flexibility index (Phi) is 6.53. The molecule has 1 aromatic rings. The Morgan fingerprint density at radius 2 is 1.81 bits per heavy atom. The zero-order valence-corrected chi connectivity index (χ0v) is 18.3. The summed E-state index contributed by atoms with van der Waals surface area (Å²) in [5, 5.41) is 5.85. The van der Waals surface area contributed by atoms with Crippen LogP contribution in [0.2, 0.25) is 0 Å². The second-order valence-electron chi connectivity index (χ2n) is 7.10. The summed E-state index contributed by atoms with van der Waals surface area (Å²) in [5.41, 5.74) is 6.03. The standard InChI is InChI=1S/C21H25IN3OP/c22-27-24-20-11-10-18-13-16-12-17(16)14-23-25(18)21(20)15-26-19-8-6-4-2-1-3-5-7-9-19/h1-11,16-18,23-24,27H,12-15H2. The topological polar surface area (TPSA) is 36.5 Å². The Labute approximate surface area is 176 Å². The van der Waals surface area contributed by atoms with Crippen molar-refractivity contribution in [2.75, 3.05) is 13.2 Å². The summed E-state index contributed by atoms with van der Waals surface area (Å²) in [6.07, 6.45) is 7.82. The molecule has 2 heterocycles. The molecule has 1 saturated heterocycles. The van der Waals surface area contributed by atoms with Gasteiger partial charge in [0.15, 0.2) is 0 Å². The summed E-state index contributed by atoms with van der Waals surface area (Å²) in [7, 11) is 0. The van der Waals surface area contributed by atoms with E-state index in [0.717, 1.165) is 29.8 Å². The molecule has 142 valence electrons. The molecule has 1 saturated carbocycles. The van der Waals surface area contributed by atoms with Crippen molar-refractivity contribution < 1.29 is 4.74 Å². The molecule has 2 N–H and O–H groups in total. The first kappa shape index (κ1) is 19.0. The van der Waals surface area contributed by atoms with Crippen molar-refractivity contribution in [2.24, 2.45) is 11.8 Å². The van der Waals surface area contributed by atoms with Gasteiger partial charge in [0.1, 0.15) is 12.4 Å². The van der Waals surface area contributed by atoms with Crippen LogP contribution in [0.1, 0.15) is 12.8 Å². The van der Waals surface area contributed by atoms with Crippen LogP contribution >= 0.6 is 28.4 Å². The quantitative estimate of drug-likeness (QED) is 0.460.